The lowest BCUT2D eigenvalue weighted by atomic mass is 10.1. The van der Waals surface area contributed by atoms with Crippen LogP contribution in [0, 0.1) is 0 Å². The summed E-state index contributed by atoms with van der Waals surface area (Å²) in [5, 5.41) is 7.73. The van der Waals surface area contributed by atoms with Crippen molar-refractivity contribution in [3.05, 3.63) is 11.9 Å². The Morgan fingerprint density at radius 1 is 1.24 bits per heavy atom. The van der Waals surface area contributed by atoms with E-state index in [0.717, 1.165) is 12.1 Å². The monoisotopic (exact) mass is 237 g/mol. The molecular weight excluding hydrogens is 214 g/mol. The number of aryl methyl sites for hydroxylation is 1. The number of ketones is 1. The average molecular weight is 237 g/mol. The van der Waals surface area contributed by atoms with Crippen molar-refractivity contribution in [1.82, 2.24) is 15.0 Å². The topological polar surface area (TPSA) is 47.8 Å². The first-order valence-electron chi connectivity index (χ1n) is 6.59. The van der Waals surface area contributed by atoms with E-state index in [2.05, 4.69) is 17.2 Å². The van der Waals surface area contributed by atoms with Gasteiger partial charge in [-0.25, -0.2) is 0 Å². The zero-order chi connectivity index (χ0) is 12.5. The summed E-state index contributed by atoms with van der Waals surface area (Å²) in [6, 6.07) is 0. The minimum absolute atomic E-state index is 0.279. The van der Waals surface area contributed by atoms with Gasteiger partial charge in [-0.2, -0.15) is 0 Å². The van der Waals surface area contributed by atoms with Crippen LogP contribution in [0.1, 0.15) is 57.6 Å². The van der Waals surface area contributed by atoms with E-state index < -0.39 is 0 Å². The van der Waals surface area contributed by atoms with Gasteiger partial charge in [0.25, 0.3) is 0 Å². The molecule has 4 nitrogen and oxygen atoms in total. The smallest absolute Gasteiger partial charge is 0.138 e. The second-order valence-corrected chi connectivity index (χ2v) is 4.62. The molecule has 1 rings (SSSR count). The van der Waals surface area contributed by atoms with Gasteiger partial charge in [0.1, 0.15) is 5.78 Å². The van der Waals surface area contributed by atoms with E-state index in [4.69, 9.17) is 0 Å². The highest BCUT2D eigenvalue weighted by molar-refractivity contribution is 5.80. The van der Waals surface area contributed by atoms with Crippen LogP contribution in [0.2, 0.25) is 0 Å². The van der Waals surface area contributed by atoms with Crippen molar-refractivity contribution in [2.45, 2.75) is 58.3 Å². The van der Waals surface area contributed by atoms with Crippen molar-refractivity contribution in [1.29, 1.82) is 0 Å². The number of carbonyl (C=O) groups is 1. The molecule has 1 aromatic rings. The van der Waals surface area contributed by atoms with Gasteiger partial charge in [-0.1, -0.05) is 44.2 Å². The van der Waals surface area contributed by atoms with E-state index in [1.807, 2.05) is 7.05 Å². The van der Waals surface area contributed by atoms with Crippen molar-refractivity contribution in [2.24, 2.45) is 7.05 Å². The maximum Gasteiger partial charge on any atom is 0.138 e. The fraction of sp³-hybridized carbons (Fsp3) is 0.769. The number of hydrogen-bond acceptors (Lipinski definition) is 3. The third-order valence-corrected chi connectivity index (χ3v) is 2.84. The van der Waals surface area contributed by atoms with Crippen LogP contribution in [0.5, 0.6) is 0 Å². The Bertz CT molecular complexity index is 333. The molecule has 0 bridgehead atoms. The summed E-state index contributed by atoms with van der Waals surface area (Å²) in [6.07, 6.45) is 10.2. The molecule has 1 aromatic heterocycles. The molecular formula is C13H23N3O. The Labute approximate surface area is 103 Å². The maximum atomic E-state index is 11.6. The first kappa shape index (κ1) is 13.9. The molecule has 17 heavy (non-hydrogen) atoms. The molecule has 0 amide bonds. The van der Waals surface area contributed by atoms with Gasteiger partial charge in [0.05, 0.1) is 12.1 Å². The molecule has 4 heteroatoms. The number of carbonyl (C=O) groups excluding carboxylic acids is 1. The van der Waals surface area contributed by atoms with Gasteiger partial charge in [0, 0.05) is 19.7 Å². The summed E-state index contributed by atoms with van der Waals surface area (Å²) in [5.41, 5.74) is 0.781. The second-order valence-electron chi connectivity index (χ2n) is 4.62. The number of rotatable bonds is 9. The van der Waals surface area contributed by atoms with Crippen molar-refractivity contribution < 1.29 is 4.79 Å². The van der Waals surface area contributed by atoms with Crippen molar-refractivity contribution in [3.63, 3.8) is 0 Å². The molecule has 0 aliphatic rings. The first-order chi connectivity index (χ1) is 8.22. The molecule has 0 aromatic carbocycles. The minimum Gasteiger partial charge on any atom is -0.299 e. The van der Waals surface area contributed by atoms with Crippen LogP contribution in [0.4, 0.5) is 0 Å². The number of hydrogen-bond donors (Lipinski definition) is 0. The molecule has 96 valence electrons. The predicted octanol–water partition coefficient (Wildman–Crippen LogP) is 2.68. The standard InChI is InChI=1S/C13H23N3O/c1-3-4-5-6-7-8-9-13(17)10-12-11-16(2)15-14-12/h11H,3-10H2,1-2H3. The molecule has 0 fully saturated rings. The third-order valence-electron chi connectivity index (χ3n) is 2.84. The quantitative estimate of drug-likeness (QED) is 0.620. The third kappa shape index (κ3) is 6.19. The normalized spacial score (nSPS) is 10.7. The molecule has 0 unspecified atom stereocenters. The summed E-state index contributed by atoms with van der Waals surface area (Å²) >= 11 is 0. The lowest BCUT2D eigenvalue weighted by molar-refractivity contribution is -0.118. The molecule has 0 atom stereocenters. The van der Waals surface area contributed by atoms with E-state index in [9.17, 15) is 4.79 Å². The van der Waals surface area contributed by atoms with Crippen LogP contribution >= 0.6 is 0 Å². The van der Waals surface area contributed by atoms with Gasteiger partial charge >= 0.3 is 0 Å². The lowest BCUT2D eigenvalue weighted by Crippen LogP contribution is -2.02. The highest BCUT2D eigenvalue weighted by Crippen LogP contribution is 2.08. The SMILES string of the molecule is CCCCCCCCC(=O)Cc1cn(C)nn1. The fourth-order valence-electron chi connectivity index (χ4n) is 1.87. The van der Waals surface area contributed by atoms with Crippen LogP contribution in [-0.2, 0) is 18.3 Å². The van der Waals surface area contributed by atoms with Gasteiger partial charge in [-0.3, -0.25) is 9.48 Å². The number of aromatic nitrogens is 3. The fourth-order valence-corrected chi connectivity index (χ4v) is 1.87. The number of nitrogens with zero attached hydrogens (tertiary/aromatic N) is 3. The summed E-state index contributed by atoms with van der Waals surface area (Å²) in [7, 11) is 1.81. The zero-order valence-corrected chi connectivity index (χ0v) is 11.0. The average Bonchev–Trinajstić information content (AvgIpc) is 2.69. The Hall–Kier alpha value is -1.19. The van der Waals surface area contributed by atoms with Crippen LogP contribution in [0.3, 0.4) is 0 Å². The summed E-state index contributed by atoms with van der Waals surface area (Å²) < 4.78 is 1.63. The van der Waals surface area contributed by atoms with Gasteiger partial charge in [-0.05, 0) is 6.42 Å². The van der Waals surface area contributed by atoms with E-state index in [-0.39, 0.29) is 5.78 Å². The van der Waals surface area contributed by atoms with Gasteiger partial charge in [-0.15, -0.1) is 5.10 Å². The van der Waals surface area contributed by atoms with Crippen LogP contribution in [0.15, 0.2) is 6.20 Å². The van der Waals surface area contributed by atoms with E-state index >= 15 is 0 Å². The Morgan fingerprint density at radius 3 is 2.59 bits per heavy atom. The molecule has 0 radical (unpaired) electrons. The molecule has 0 spiro atoms. The van der Waals surface area contributed by atoms with E-state index in [0.29, 0.717) is 12.8 Å². The van der Waals surface area contributed by atoms with Crippen molar-refractivity contribution in [2.75, 3.05) is 0 Å². The van der Waals surface area contributed by atoms with Crippen LogP contribution in [0.25, 0.3) is 0 Å². The molecule has 0 N–H and O–H groups in total. The summed E-state index contributed by atoms with van der Waals surface area (Å²) in [6.45, 7) is 2.21. The highest BCUT2D eigenvalue weighted by Gasteiger charge is 2.06. The van der Waals surface area contributed by atoms with E-state index in [1.54, 1.807) is 10.9 Å². The molecule has 0 aliphatic carbocycles. The largest absolute Gasteiger partial charge is 0.299 e. The molecule has 1 heterocycles. The van der Waals surface area contributed by atoms with Gasteiger partial charge in [0.2, 0.25) is 0 Å². The predicted molar refractivity (Wildman–Crippen MR) is 67.7 cm³/mol. The minimum atomic E-state index is 0.279. The Morgan fingerprint density at radius 2 is 1.94 bits per heavy atom. The summed E-state index contributed by atoms with van der Waals surface area (Å²) in [5.74, 6) is 0.279. The Kier molecular flexibility index (Phi) is 6.51. The summed E-state index contributed by atoms with van der Waals surface area (Å²) in [4.78, 5) is 11.6. The van der Waals surface area contributed by atoms with Gasteiger partial charge in [0.15, 0.2) is 0 Å². The molecule has 0 saturated heterocycles. The first-order valence-corrected chi connectivity index (χ1v) is 6.59. The highest BCUT2D eigenvalue weighted by atomic mass is 16.1. The van der Waals surface area contributed by atoms with Gasteiger partial charge < -0.3 is 0 Å². The molecule has 0 aliphatic heterocycles. The molecule has 0 saturated carbocycles. The van der Waals surface area contributed by atoms with Crippen molar-refractivity contribution >= 4 is 5.78 Å². The lowest BCUT2D eigenvalue weighted by Gasteiger charge is -2.00. The zero-order valence-electron chi connectivity index (χ0n) is 11.0. The Balaban J connectivity index is 2.05. The second kappa shape index (κ2) is 7.98. The van der Waals surface area contributed by atoms with Crippen LogP contribution in [-0.4, -0.2) is 20.8 Å². The number of Topliss-reactive ketones (excluding diaryl/α,β-unsaturated/α-hetero) is 1. The maximum absolute atomic E-state index is 11.6. The van der Waals surface area contributed by atoms with Crippen molar-refractivity contribution in [3.8, 4) is 0 Å². The number of unbranched alkanes of at least 4 members (excludes halogenated alkanes) is 5. The van der Waals surface area contributed by atoms with Crippen LogP contribution < -0.4 is 0 Å². The van der Waals surface area contributed by atoms with E-state index in [1.165, 1.54) is 32.1 Å².